The zero-order valence-electron chi connectivity index (χ0n) is 7.86. The van der Waals surface area contributed by atoms with E-state index in [1.807, 2.05) is 0 Å². The summed E-state index contributed by atoms with van der Waals surface area (Å²) in [5, 5.41) is 0. The normalized spacial score (nSPS) is 12.1. The van der Waals surface area contributed by atoms with Crippen LogP contribution in [0.15, 0.2) is 18.2 Å². The predicted octanol–water partition coefficient (Wildman–Crippen LogP) is -0.0193. The van der Waals surface area contributed by atoms with E-state index < -0.39 is 6.04 Å². The van der Waals surface area contributed by atoms with Crippen molar-refractivity contribution in [1.29, 1.82) is 0 Å². The summed E-state index contributed by atoms with van der Waals surface area (Å²) in [6.45, 7) is 0. The van der Waals surface area contributed by atoms with E-state index in [-0.39, 0.29) is 0 Å². The second-order valence-electron chi connectivity index (χ2n) is 2.78. The van der Waals surface area contributed by atoms with E-state index in [0.717, 1.165) is 0 Å². The van der Waals surface area contributed by atoms with Crippen LogP contribution in [0.4, 0.5) is 5.69 Å². The van der Waals surface area contributed by atoms with Gasteiger partial charge >= 0.3 is 0 Å². The summed E-state index contributed by atoms with van der Waals surface area (Å²) >= 11 is 0. The highest BCUT2D eigenvalue weighted by Crippen LogP contribution is 2.23. The van der Waals surface area contributed by atoms with Crippen molar-refractivity contribution in [3.8, 4) is 5.75 Å². The fraction of sp³-hybridized carbons (Fsp3) is 0.222. The van der Waals surface area contributed by atoms with Crippen LogP contribution in [0.2, 0.25) is 0 Å². The van der Waals surface area contributed by atoms with E-state index in [9.17, 15) is 4.79 Å². The minimum Gasteiger partial charge on any atom is -0.497 e. The van der Waals surface area contributed by atoms with E-state index in [1.54, 1.807) is 25.3 Å². The van der Waals surface area contributed by atoms with Gasteiger partial charge in [-0.15, -0.1) is 0 Å². The van der Waals surface area contributed by atoms with Crippen LogP contribution >= 0.6 is 0 Å². The van der Waals surface area contributed by atoms with Crippen LogP contribution in [0.1, 0.15) is 11.6 Å². The molecule has 1 aromatic carbocycles. The fourth-order valence-corrected chi connectivity index (χ4v) is 1.15. The third-order valence-corrected chi connectivity index (χ3v) is 1.94. The molecule has 5 nitrogen and oxygen atoms in total. The van der Waals surface area contributed by atoms with Gasteiger partial charge in [0.05, 0.1) is 7.11 Å². The monoisotopic (exact) mass is 195 g/mol. The highest BCUT2D eigenvalue weighted by molar-refractivity contribution is 5.67. The first-order chi connectivity index (χ1) is 6.72. The number of rotatable bonds is 4. The molecule has 0 aliphatic carbocycles. The molecule has 5 heteroatoms. The van der Waals surface area contributed by atoms with Crippen LogP contribution in [-0.2, 0) is 4.79 Å². The lowest BCUT2D eigenvalue weighted by atomic mass is 10.1. The Morgan fingerprint density at radius 3 is 2.79 bits per heavy atom. The Bertz CT molecular complexity index is 328. The molecular formula is C9H13N3O2. The lowest BCUT2D eigenvalue weighted by Gasteiger charge is -2.13. The summed E-state index contributed by atoms with van der Waals surface area (Å²) in [6, 6.07) is 4.46. The number of hydrogen-bond acceptors (Lipinski definition) is 5. The van der Waals surface area contributed by atoms with Gasteiger partial charge in [-0.1, -0.05) is 0 Å². The Kier molecular flexibility index (Phi) is 3.44. The van der Waals surface area contributed by atoms with Crippen molar-refractivity contribution in [1.82, 2.24) is 5.43 Å². The van der Waals surface area contributed by atoms with Crippen LogP contribution in [0.5, 0.6) is 5.75 Å². The van der Waals surface area contributed by atoms with Gasteiger partial charge in [-0.2, -0.15) is 0 Å². The number of carbonyl (C=O) groups is 1. The maximum absolute atomic E-state index is 10.6. The quantitative estimate of drug-likeness (QED) is 0.272. The van der Waals surface area contributed by atoms with Crippen LogP contribution in [0.25, 0.3) is 0 Å². The minimum absolute atomic E-state index is 0.501. The van der Waals surface area contributed by atoms with Crippen LogP contribution in [0, 0.1) is 0 Å². The first-order valence-electron chi connectivity index (χ1n) is 4.07. The Balaban J connectivity index is 3.10. The molecule has 0 radical (unpaired) electrons. The zero-order chi connectivity index (χ0) is 10.6. The molecule has 1 atom stereocenters. The number of hydrazine groups is 1. The molecule has 1 unspecified atom stereocenters. The Labute approximate surface area is 82.0 Å². The molecular weight excluding hydrogens is 182 g/mol. The first-order valence-corrected chi connectivity index (χ1v) is 4.07. The number of nitrogens with two attached hydrogens (primary N) is 2. The van der Waals surface area contributed by atoms with E-state index >= 15 is 0 Å². The van der Waals surface area contributed by atoms with Crippen molar-refractivity contribution in [3.05, 3.63) is 23.8 Å². The summed E-state index contributed by atoms with van der Waals surface area (Å²) in [5.74, 6) is 5.83. The van der Waals surface area contributed by atoms with Crippen LogP contribution < -0.4 is 21.7 Å². The van der Waals surface area contributed by atoms with Gasteiger partial charge in [0, 0.05) is 11.3 Å². The summed E-state index contributed by atoms with van der Waals surface area (Å²) in [4.78, 5) is 10.6. The third-order valence-electron chi connectivity index (χ3n) is 1.94. The zero-order valence-corrected chi connectivity index (χ0v) is 7.86. The largest absolute Gasteiger partial charge is 0.497 e. The molecule has 0 amide bonds. The van der Waals surface area contributed by atoms with Gasteiger partial charge in [0.25, 0.3) is 0 Å². The highest BCUT2D eigenvalue weighted by atomic mass is 16.5. The van der Waals surface area contributed by atoms with Gasteiger partial charge in [-0.3, -0.25) is 5.84 Å². The summed E-state index contributed by atoms with van der Waals surface area (Å²) in [5.41, 5.74) is 9.16. The van der Waals surface area contributed by atoms with Gasteiger partial charge in [0.1, 0.15) is 18.1 Å². The number of benzene rings is 1. The third kappa shape index (κ3) is 2.01. The molecule has 0 aromatic heterocycles. The SMILES string of the molecule is COc1ccc(N)c(C(C=O)NN)c1. The number of methoxy groups -OCH3 is 1. The molecule has 0 aliphatic rings. The lowest BCUT2D eigenvalue weighted by molar-refractivity contribution is -0.109. The number of nitrogen functional groups attached to an aromatic ring is 1. The van der Waals surface area contributed by atoms with E-state index in [4.69, 9.17) is 16.3 Å². The summed E-state index contributed by atoms with van der Waals surface area (Å²) < 4.78 is 5.01. The van der Waals surface area contributed by atoms with E-state index in [1.165, 1.54) is 0 Å². The van der Waals surface area contributed by atoms with Crippen molar-refractivity contribution < 1.29 is 9.53 Å². The van der Waals surface area contributed by atoms with Gasteiger partial charge < -0.3 is 15.3 Å². The average molecular weight is 195 g/mol. The highest BCUT2D eigenvalue weighted by Gasteiger charge is 2.12. The standard InChI is InChI=1S/C9H13N3O2/c1-14-6-2-3-8(10)7(4-6)9(5-13)12-11/h2-5,9,12H,10-11H2,1H3. The smallest absolute Gasteiger partial charge is 0.142 e. The molecule has 5 N–H and O–H groups in total. The van der Waals surface area contributed by atoms with Crippen molar-refractivity contribution in [2.24, 2.45) is 5.84 Å². The lowest BCUT2D eigenvalue weighted by Crippen LogP contribution is -2.29. The Morgan fingerprint density at radius 1 is 1.57 bits per heavy atom. The number of hydrogen-bond donors (Lipinski definition) is 3. The Hall–Kier alpha value is -1.59. The second-order valence-corrected chi connectivity index (χ2v) is 2.78. The molecule has 0 bridgehead atoms. The van der Waals surface area contributed by atoms with E-state index in [0.29, 0.717) is 23.3 Å². The van der Waals surface area contributed by atoms with E-state index in [2.05, 4.69) is 5.43 Å². The number of ether oxygens (including phenoxy) is 1. The average Bonchev–Trinajstić information content (AvgIpc) is 2.22. The maximum atomic E-state index is 10.6. The molecule has 76 valence electrons. The van der Waals surface area contributed by atoms with Crippen molar-refractivity contribution in [3.63, 3.8) is 0 Å². The summed E-state index contributed by atoms with van der Waals surface area (Å²) in [6.07, 6.45) is 0.686. The second kappa shape index (κ2) is 4.59. The molecule has 0 aliphatic heterocycles. The predicted molar refractivity (Wildman–Crippen MR) is 53.5 cm³/mol. The Morgan fingerprint density at radius 2 is 2.29 bits per heavy atom. The number of nitrogens with one attached hydrogen (secondary N) is 1. The van der Waals surface area contributed by atoms with Crippen molar-refractivity contribution >= 4 is 12.0 Å². The van der Waals surface area contributed by atoms with Gasteiger partial charge in [-0.25, -0.2) is 5.43 Å². The molecule has 0 spiro atoms. The molecule has 14 heavy (non-hydrogen) atoms. The van der Waals surface area contributed by atoms with Crippen molar-refractivity contribution in [2.45, 2.75) is 6.04 Å². The molecule has 0 saturated carbocycles. The minimum atomic E-state index is -0.606. The maximum Gasteiger partial charge on any atom is 0.142 e. The fourth-order valence-electron chi connectivity index (χ4n) is 1.15. The topological polar surface area (TPSA) is 90.4 Å². The van der Waals surface area contributed by atoms with Crippen molar-refractivity contribution in [2.75, 3.05) is 12.8 Å². The molecule has 1 aromatic rings. The summed E-state index contributed by atoms with van der Waals surface area (Å²) in [7, 11) is 1.54. The molecule has 0 saturated heterocycles. The number of anilines is 1. The van der Waals surface area contributed by atoms with Gasteiger partial charge in [0.2, 0.25) is 0 Å². The molecule has 0 heterocycles. The van der Waals surface area contributed by atoms with Gasteiger partial charge in [0.15, 0.2) is 0 Å². The molecule has 0 fully saturated rings. The number of aldehydes is 1. The van der Waals surface area contributed by atoms with Gasteiger partial charge in [-0.05, 0) is 18.2 Å². The molecule has 1 rings (SSSR count). The van der Waals surface area contributed by atoms with Crippen LogP contribution in [-0.4, -0.2) is 13.4 Å². The number of carbonyl (C=O) groups excluding carboxylic acids is 1. The van der Waals surface area contributed by atoms with Crippen LogP contribution in [0.3, 0.4) is 0 Å². The first kappa shape index (κ1) is 10.5.